The summed E-state index contributed by atoms with van der Waals surface area (Å²) in [6.45, 7) is 5.68. The van der Waals surface area contributed by atoms with Crippen molar-refractivity contribution in [2.75, 3.05) is 48.5 Å². The van der Waals surface area contributed by atoms with E-state index in [1.807, 2.05) is 28.8 Å². The second-order valence-electron chi connectivity index (χ2n) is 11.4. The summed E-state index contributed by atoms with van der Waals surface area (Å²) < 4.78 is 52.2. The third-order valence-electron chi connectivity index (χ3n) is 8.05. The number of benzene rings is 3. The number of nitrogens with zero attached hydrogens (tertiary/aromatic N) is 6. The topological polar surface area (TPSA) is 110 Å². The van der Waals surface area contributed by atoms with Crippen LogP contribution in [-0.4, -0.2) is 63.3 Å². The normalized spacial score (nSPS) is 14.9. The molecule has 11 nitrogen and oxygen atoms in total. The first-order valence-corrected chi connectivity index (χ1v) is 15.1. The lowest BCUT2D eigenvalue weighted by atomic mass is 10.1. The van der Waals surface area contributed by atoms with Crippen LogP contribution >= 0.6 is 0 Å². The number of fused-ring (bicyclic) bond motifs is 2. The Labute approximate surface area is 268 Å². The molecule has 0 atom stereocenters. The predicted octanol–water partition coefficient (Wildman–Crippen LogP) is 5.65. The van der Waals surface area contributed by atoms with Crippen LogP contribution < -0.4 is 25.0 Å². The van der Waals surface area contributed by atoms with E-state index in [0.29, 0.717) is 47.3 Å². The number of anilines is 4. The number of carbonyl (C=O) groups is 1. The lowest BCUT2D eigenvalue weighted by Crippen LogP contribution is -2.46. The van der Waals surface area contributed by atoms with Crippen LogP contribution in [0.4, 0.5) is 36.3 Å². The van der Waals surface area contributed by atoms with E-state index in [4.69, 9.17) is 19.4 Å². The molecule has 4 heterocycles. The number of hydrogen-bond donors (Lipinski definition) is 2. The molecule has 14 heteroatoms. The van der Waals surface area contributed by atoms with Crippen molar-refractivity contribution in [1.82, 2.24) is 24.4 Å². The van der Waals surface area contributed by atoms with Gasteiger partial charge >= 0.3 is 6.18 Å². The highest BCUT2D eigenvalue weighted by Crippen LogP contribution is 2.33. The van der Waals surface area contributed by atoms with Crippen LogP contribution in [0.2, 0.25) is 0 Å². The van der Waals surface area contributed by atoms with Gasteiger partial charge in [-0.1, -0.05) is 18.2 Å². The third kappa shape index (κ3) is 6.77. The molecule has 2 N–H and O–H groups in total. The minimum Gasteiger partial charge on any atom is -0.454 e. The van der Waals surface area contributed by atoms with Crippen molar-refractivity contribution in [1.29, 1.82) is 0 Å². The zero-order valence-electron chi connectivity index (χ0n) is 25.4. The highest BCUT2D eigenvalue weighted by Gasteiger charge is 2.30. The summed E-state index contributed by atoms with van der Waals surface area (Å²) in [6.07, 6.45) is -2.78. The van der Waals surface area contributed by atoms with Crippen molar-refractivity contribution >= 4 is 40.2 Å². The number of amides is 1. The van der Waals surface area contributed by atoms with Crippen molar-refractivity contribution in [3.63, 3.8) is 0 Å². The Morgan fingerprint density at radius 2 is 1.55 bits per heavy atom. The Kier molecular flexibility index (Phi) is 8.02. The first kappa shape index (κ1) is 30.3. The molecule has 2 aromatic heterocycles. The molecule has 47 heavy (non-hydrogen) atoms. The fraction of sp³-hybridized carbons (Fsp3) is 0.273. The molecule has 2 aliphatic heterocycles. The van der Waals surface area contributed by atoms with E-state index >= 15 is 0 Å². The van der Waals surface area contributed by atoms with Crippen LogP contribution in [0.15, 0.2) is 73.1 Å². The number of piperazine rings is 1. The van der Waals surface area contributed by atoms with Gasteiger partial charge in [-0.2, -0.15) is 23.1 Å². The molecular weight excluding hydrogens is 613 g/mol. The van der Waals surface area contributed by atoms with Crippen molar-refractivity contribution < 1.29 is 27.4 Å². The van der Waals surface area contributed by atoms with Crippen molar-refractivity contribution in [2.45, 2.75) is 26.2 Å². The number of carbonyl (C=O) groups excluding carboxylic acids is 1. The lowest BCUT2D eigenvalue weighted by molar-refractivity contribution is -0.137. The maximum absolute atomic E-state index is 13.1. The summed E-state index contributed by atoms with van der Waals surface area (Å²) in [5, 5.41) is 6.10. The van der Waals surface area contributed by atoms with Crippen LogP contribution in [0.3, 0.4) is 0 Å². The van der Waals surface area contributed by atoms with Crippen molar-refractivity contribution in [3.8, 4) is 11.5 Å². The van der Waals surface area contributed by atoms with E-state index < -0.39 is 11.7 Å². The number of halogens is 3. The summed E-state index contributed by atoms with van der Waals surface area (Å²) in [5.41, 5.74) is 3.59. The van der Waals surface area contributed by atoms with Gasteiger partial charge in [-0.05, 0) is 59.7 Å². The molecule has 0 spiro atoms. The van der Waals surface area contributed by atoms with Crippen molar-refractivity contribution in [2.24, 2.45) is 0 Å². The monoisotopic (exact) mass is 644 g/mol. The predicted molar refractivity (Wildman–Crippen MR) is 170 cm³/mol. The van der Waals surface area contributed by atoms with E-state index in [9.17, 15) is 18.0 Å². The molecule has 0 saturated carbocycles. The van der Waals surface area contributed by atoms with E-state index in [0.717, 1.165) is 54.5 Å². The van der Waals surface area contributed by atoms with Gasteiger partial charge in [0, 0.05) is 51.0 Å². The molecule has 1 fully saturated rings. The molecule has 3 aromatic carbocycles. The molecule has 2 aliphatic rings. The van der Waals surface area contributed by atoms with Crippen LogP contribution in [0.25, 0.3) is 11.2 Å². The summed E-state index contributed by atoms with van der Waals surface area (Å²) in [7, 11) is 0. The SMILES string of the molecule is CC(=O)Nc1ccc(Nc2nc(N3CCN(Cc4ccc5c(c4)OCO5)CC3)nc3c2ncn3Cc2ccc(C(F)(F)F)cc2)cc1. The Balaban J connectivity index is 1.14. The summed E-state index contributed by atoms with van der Waals surface area (Å²) >= 11 is 0. The zero-order valence-corrected chi connectivity index (χ0v) is 25.4. The molecule has 1 amide bonds. The van der Waals surface area contributed by atoms with Crippen LogP contribution in [0.5, 0.6) is 11.5 Å². The van der Waals surface area contributed by atoms with E-state index in [1.165, 1.54) is 19.1 Å². The first-order chi connectivity index (χ1) is 22.7. The van der Waals surface area contributed by atoms with Crippen LogP contribution in [-0.2, 0) is 24.1 Å². The van der Waals surface area contributed by atoms with E-state index in [2.05, 4.69) is 31.5 Å². The van der Waals surface area contributed by atoms with Gasteiger partial charge < -0.3 is 29.6 Å². The summed E-state index contributed by atoms with van der Waals surface area (Å²) in [6, 6.07) is 18.3. The molecule has 242 valence electrons. The van der Waals surface area contributed by atoms with Gasteiger partial charge in [-0.25, -0.2) is 4.98 Å². The van der Waals surface area contributed by atoms with Gasteiger partial charge in [0.2, 0.25) is 18.6 Å². The number of ether oxygens (including phenoxy) is 2. The average molecular weight is 645 g/mol. The average Bonchev–Trinajstić information content (AvgIpc) is 3.69. The van der Waals surface area contributed by atoms with Gasteiger partial charge in [0.1, 0.15) is 0 Å². The van der Waals surface area contributed by atoms with Gasteiger partial charge in [0.25, 0.3) is 0 Å². The van der Waals surface area contributed by atoms with E-state index in [-0.39, 0.29) is 19.2 Å². The Bertz CT molecular complexity index is 1900. The minimum atomic E-state index is -4.40. The number of hydrogen-bond acceptors (Lipinski definition) is 9. The second kappa shape index (κ2) is 12.4. The number of imidazole rings is 1. The van der Waals surface area contributed by atoms with Gasteiger partial charge in [-0.15, -0.1) is 0 Å². The number of aromatic nitrogens is 4. The lowest BCUT2D eigenvalue weighted by Gasteiger charge is -2.34. The quantitative estimate of drug-likeness (QED) is 0.222. The molecule has 0 radical (unpaired) electrons. The van der Waals surface area contributed by atoms with Gasteiger partial charge in [0.05, 0.1) is 18.4 Å². The first-order valence-electron chi connectivity index (χ1n) is 15.1. The molecule has 0 aliphatic carbocycles. The Hall–Kier alpha value is -5.37. The fourth-order valence-electron chi connectivity index (χ4n) is 5.65. The molecule has 0 bridgehead atoms. The maximum atomic E-state index is 13.1. The third-order valence-corrected chi connectivity index (χ3v) is 8.05. The number of alkyl halides is 3. The Morgan fingerprint density at radius 3 is 2.28 bits per heavy atom. The van der Waals surface area contributed by atoms with Crippen molar-refractivity contribution in [3.05, 3.63) is 89.7 Å². The van der Waals surface area contributed by atoms with Crippen LogP contribution in [0, 0.1) is 0 Å². The summed E-state index contributed by atoms with van der Waals surface area (Å²) in [4.78, 5) is 30.3. The molecule has 7 rings (SSSR count). The highest BCUT2D eigenvalue weighted by atomic mass is 19.4. The molecular formula is C33H31F3N8O3. The number of rotatable bonds is 8. The highest BCUT2D eigenvalue weighted by molar-refractivity contribution is 5.89. The maximum Gasteiger partial charge on any atom is 0.416 e. The molecule has 0 unspecified atom stereocenters. The Morgan fingerprint density at radius 1 is 0.851 bits per heavy atom. The van der Waals surface area contributed by atoms with E-state index in [1.54, 1.807) is 18.5 Å². The van der Waals surface area contributed by atoms with Gasteiger partial charge in [0.15, 0.2) is 28.5 Å². The standard InChI is InChI=1S/C33H31F3N8O3/c1-21(45)38-25-7-9-26(10-8-25)39-30-29-31(44(19-37-29)18-22-2-5-24(6-3-22)33(34,35)36)41-32(40-30)43-14-12-42(13-15-43)17-23-4-11-27-28(16-23)47-20-46-27/h2-11,16,19H,12-15,17-18,20H2,1H3,(H,38,45)(H,39,40,41). The smallest absolute Gasteiger partial charge is 0.416 e. The largest absolute Gasteiger partial charge is 0.454 e. The zero-order chi connectivity index (χ0) is 32.5. The second-order valence-corrected chi connectivity index (χ2v) is 11.4. The van der Waals surface area contributed by atoms with Crippen LogP contribution in [0.1, 0.15) is 23.6 Å². The minimum absolute atomic E-state index is 0.164. The number of nitrogens with one attached hydrogen (secondary N) is 2. The molecule has 1 saturated heterocycles. The fourth-order valence-corrected chi connectivity index (χ4v) is 5.65. The molecule has 5 aromatic rings. The van der Waals surface area contributed by atoms with Gasteiger partial charge in [-0.3, -0.25) is 9.69 Å². The summed E-state index contributed by atoms with van der Waals surface area (Å²) in [5.74, 6) is 2.37.